The molecule has 1 atom stereocenters. The summed E-state index contributed by atoms with van der Waals surface area (Å²) in [5.41, 5.74) is -3.87. The quantitative estimate of drug-likeness (QED) is 0.779. The number of urea groups is 1. The Balaban J connectivity index is 1.59. The Hall–Kier alpha value is -2.23. The van der Waals surface area contributed by atoms with E-state index in [2.05, 4.69) is 20.5 Å². The molecule has 0 radical (unpaired) electrons. The number of alkyl halides is 3. The van der Waals surface area contributed by atoms with Gasteiger partial charge in [0.1, 0.15) is 5.82 Å². The summed E-state index contributed by atoms with van der Waals surface area (Å²) in [7, 11) is 0. The number of nitrogens with zero attached hydrogens (tertiary/aromatic N) is 3. The normalized spacial score (nSPS) is 18.0. The van der Waals surface area contributed by atoms with Gasteiger partial charge in [-0.25, -0.2) is 9.78 Å². The molecular weight excluding hydrogens is 367 g/mol. The second kappa shape index (κ2) is 7.56. The van der Waals surface area contributed by atoms with E-state index in [-0.39, 0.29) is 28.6 Å². The van der Waals surface area contributed by atoms with Gasteiger partial charge in [-0.15, -0.1) is 0 Å². The van der Waals surface area contributed by atoms with Crippen LogP contribution in [0, 0.1) is 6.92 Å². The molecule has 2 aromatic rings. The molecular formula is C16H18F3N5OS. The van der Waals surface area contributed by atoms with Gasteiger partial charge in [-0.05, 0) is 55.8 Å². The molecule has 1 aromatic heterocycles. The summed E-state index contributed by atoms with van der Waals surface area (Å²) in [5.74, 6) is 1.51. The van der Waals surface area contributed by atoms with Crippen molar-refractivity contribution in [3.8, 4) is 0 Å². The van der Waals surface area contributed by atoms with Crippen LogP contribution in [0.5, 0.6) is 0 Å². The lowest BCUT2D eigenvalue weighted by molar-refractivity contribution is -0.0328. The topological polar surface area (TPSA) is 73.9 Å². The molecule has 1 aromatic carbocycles. The van der Waals surface area contributed by atoms with Gasteiger partial charge in [-0.1, -0.05) is 0 Å². The number of aromatic amines is 1. The molecule has 2 N–H and O–H groups in total. The second-order valence-corrected chi connectivity index (χ2v) is 7.20. The van der Waals surface area contributed by atoms with E-state index in [1.165, 1.54) is 24.3 Å². The summed E-state index contributed by atoms with van der Waals surface area (Å²) >= 11 is -0.184. The molecule has 1 fully saturated rings. The van der Waals surface area contributed by atoms with Gasteiger partial charge >= 0.3 is 11.5 Å². The van der Waals surface area contributed by atoms with Crippen molar-refractivity contribution < 1.29 is 18.0 Å². The maximum atomic E-state index is 12.4. The minimum atomic E-state index is -4.33. The van der Waals surface area contributed by atoms with Crippen LogP contribution in [0.15, 0.2) is 29.2 Å². The molecule has 26 heavy (non-hydrogen) atoms. The number of benzene rings is 1. The summed E-state index contributed by atoms with van der Waals surface area (Å²) in [6.45, 7) is 2.95. The van der Waals surface area contributed by atoms with Crippen LogP contribution >= 0.6 is 11.8 Å². The van der Waals surface area contributed by atoms with Crippen molar-refractivity contribution in [1.29, 1.82) is 0 Å². The van der Waals surface area contributed by atoms with E-state index in [9.17, 15) is 18.0 Å². The third-order valence-electron chi connectivity index (χ3n) is 4.03. The first-order chi connectivity index (χ1) is 12.3. The third-order valence-corrected chi connectivity index (χ3v) is 4.77. The lowest BCUT2D eigenvalue weighted by Crippen LogP contribution is -2.41. The summed E-state index contributed by atoms with van der Waals surface area (Å²) in [5, 5.41) is 9.70. The number of likely N-dealkylation sites (tertiary alicyclic amines) is 1. The molecule has 1 saturated heterocycles. The highest BCUT2D eigenvalue weighted by atomic mass is 32.2. The van der Waals surface area contributed by atoms with Crippen LogP contribution < -0.4 is 5.32 Å². The zero-order chi connectivity index (χ0) is 18.7. The fraction of sp³-hybridized carbons (Fsp3) is 0.438. The van der Waals surface area contributed by atoms with Crippen molar-refractivity contribution in [3.05, 3.63) is 35.9 Å². The number of piperidine rings is 1. The van der Waals surface area contributed by atoms with Gasteiger partial charge in [-0.3, -0.25) is 5.10 Å². The number of carbonyl (C=O) groups is 1. The van der Waals surface area contributed by atoms with E-state index in [0.29, 0.717) is 24.6 Å². The Kier molecular flexibility index (Phi) is 5.40. The average Bonchev–Trinajstić information content (AvgIpc) is 3.02. The van der Waals surface area contributed by atoms with E-state index >= 15 is 0 Å². The average molecular weight is 385 g/mol. The number of aryl methyl sites for hydroxylation is 1. The van der Waals surface area contributed by atoms with Crippen LogP contribution in [0.3, 0.4) is 0 Å². The summed E-state index contributed by atoms with van der Waals surface area (Å²) < 4.78 is 37.0. The van der Waals surface area contributed by atoms with Gasteiger partial charge in [0.2, 0.25) is 0 Å². The maximum Gasteiger partial charge on any atom is 0.446 e. The summed E-state index contributed by atoms with van der Waals surface area (Å²) in [4.78, 5) is 18.5. The number of aromatic nitrogens is 3. The number of carbonyl (C=O) groups excluding carboxylic acids is 1. The first-order valence-corrected chi connectivity index (χ1v) is 8.92. The van der Waals surface area contributed by atoms with Crippen molar-refractivity contribution in [1.82, 2.24) is 20.1 Å². The van der Waals surface area contributed by atoms with Crippen LogP contribution in [0.2, 0.25) is 0 Å². The van der Waals surface area contributed by atoms with Crippen molar-refractivity contribution in [2.24, 2.45) is 0 Å². The number of hydrogen-bond acceptors (Lipinski definition) is 4. The van der Waals surface area contributed by atoms with Crippen molar-refractivity contribution in [2.75, 3.05) is 18.4 Å². The smallest absolute Gasteiger partial charge is 0.324 e. The molecule has 1 aliphatic rings. The molecule has 0 spiro atoms. The third kappa shape index (κ3) is 4.90. The zero-order valence-electron chi connectivity index (χ0n) is 14.0. The van der Waals surface area contributed by atoms with Crippen molar-refractivity contribution >= 4 is 23.5 Å². The molecule has 0 bridgehead atoms. The predicted molar refractivity (Wildman–Crippen MR) is 92.0 cm³/mol. The van der Waals surface area contributed by atoms with Crippen LogP contribution in [0.25, 0.3) is 0 Å². The molecule has 2 amide bonds. The number of halogens is 3. The molecule has 1 aliphatic heterocycles. The Labute approximate surface area is 152 Å². The van der Waals surface area contributed by atoms with Gasteiger partial charge in [0.15, 0.2) is 5.82 Å². The van der Waals surface area contributed by atoms with Gasteiger partial charge in [0, 0.05) is 29.6 Å². The molecule has 0 saturated carbocycles. The maximum absolute atomic E-state index is 12.4. The number of anilines is 1. The number of thioether (sulfide) groups is 1. The number of hydrogen-bond donors (Lipinski definition) is 2. The van der Waals surface area contributed by atoms with E-state index in [4.69, 9.17) is 0 Å². The van der Waals surface area contributed by atoms with Gasteiger partial charge in [-0.2, -0.15) is 18.3 Å². The Morgan fingerprint density at radius 1 is 1.35 bits per heavy atom. The van der Waals surface area contributed by atoms with Crippen LogP contribution in [0.1, 0.15) is 30.4 Å². The highest BCUT2D eigenvalue weighted by Crippen LogP contribution is 2.37. The predicted octanol–water partition coefficient (Wildman–Crippen LogP) is 4.14. The lowest BCUT2D eigenvalue weighted by Gasteiger charge is -2.31. The summed E-state index contributed by atoms with van der Waals surface area (Å²) in [6, 6.07) is 5.32. The number of amides is 2. The highest BCUT2D eigenvalue weighted by molar-refractivity contribution is 8.00. The monoisotopic (exact) mass is 385 g/mol. The minimum absolute atomic E-state index is 0.0741. The number of nitrogens with one attached hydrogen (secondary N) is 2. The molecule has 0 aliphatic carbocycles. The SMILES string of the molecule is Cc1nc([C@@H]2CCCN(C(=O)Nc3ccc(SC(F)(F)F)cc3)C2)n[nH]1. The van der Waals surface area contributed by atoms with Gasteiger partial charge in [0.25, 0.3) is 0 Å². The molecule has 2 heterocycles. The van der Waals surface area contributed by atoms with Crippen LogP contribution in [-0.4, -0.2) is 44.7 Å². The minimum Gasteiger partial charge on any atom is -0.324 e. The molecule has 140 valence electrons. The molecule has 3 rings (SSSR count). The Morgan fingerprint density at radius 3 is 2.69 bits per heavy atom. The van der Waals surface area contributed by atoms with Gasteiger partial charge in [0.05, 0.1) is 0 Å². The van der Waals surface area contributed by atoms with E-state index in [1.807, 2.05) is 6.92 Å². The fourth-order valence-corrected chi connectivity index (χ4v) is 3.40. The number of H-pyrrole nitrogens is 1. The molecule has 0 unspecified atom stereocenters. The summed E-state index contributed by atoms with van der Waals surface area (Å²) in [6.07, 6.45) is 1.75. The zero-order valence-corrected chi connectivity index (χ0v) is 14.8. The van der Waals surface area contributed by atoms with E-state index in [0.717, 1.165) is 18.7 Å². The van der Waals surface area contributed by atoms with Crippen LogP contribution in [-0.2, 0) is 0 Å². The first-order valence-electron chi connectivity index (χ1n) is 8.11. The van der Waals surface area contributed by atoms with E-state index in [1.54, 1.807) is 4.90 Å². The standard InChI is InChI=1S/C16H18F3N5OS/c1-10-20-14(23-22-10)11-3-2-8-24(9-11)15(25)21-12-4-6-13(7-5-12)26-16(17,18)19/h4-7,11H,2-3,8-9H2,1H3,(H,21,25)(H,20,22,23)/t11-/m1/s1. The van der Waals surface area contributed by atoms with Crippen LogP contribution in [0.4, 0.5) is 23.7 Å². The lowest BCUT2D eigenvalue weighted by atomic mass is 9.98. The van der Waals surface area contributed by atoms with Gasteiger partial charge < -0.3 is 10.2 Å². The number of rotatable bonds is 3. The largest absolute Gasteiger partial charge is 0.446 e. The Morgan fingerprint density at radius 2 is 2.08 bits per heavy atom. The Bertz CT molecular complexity index is 762. The second-order valence-electron chi connectivity index (χ2n) is 6.07. The van der Waals surface area contributed by atoms with E-state index < -0.39 is 5.51 Å². The van der Waals surface area contributed by atoms with Crippen molar-refractivity contribution in [3.63, 3.8) is 0 Å². The first kappa shape index (κ1) is 18.6. The highest BCUT2D eigenvalue weighted by Gasteiger charge is 2.29. The molecule has 10 heteroatoms. The van der Waals surface area contributed by atoms with Crippen molar-refractivity contribution in [2.45, 2.75) is 36.1 Å². The molecule has 6 nitrogen and oxygen atoms in total. The fourth-order valence-electron chi connectivity index (χ4n) is 2.86.